The summed E-state index contributed by atoms with van der Waals surface area (Å²) in [6, 6.07) is 8.49. The molecule has 0 amide bonds. The van der Waals surface area contributed by atoms with E-state index in [0.717, 1.165) is 37.7 Å². The minimum Gasteiger partial charge on any atom is -0.286 e. The average Bonchev–Trinajstić information content (AvgIpc) is 2.46. The van der Waals surface area contributed by atoms with Crippen molar-refractivity contribution >= 4 is 16.2 Å². The lowest BCUT2D eigenvalue weighted by atomic mass is 9.77. The molecule has 4 heteroatoms. The highest BCUT2D eigenvalue weighted by molar-refractivity contribution is 7.85. The van der Waals surface area contributed by atoms with Gasteiger partial charge in [-0.25, -0.2) is 0 Å². The molecule has 0 aromatic heterocycles. The number of hydrogen-bond donors (Lipinski definition) is 1. The number of benzene rings is 1. The molecule has 1 N–H and O–H groups in total. The summed E-state index contributed by atoms with van der Waals surface area (Å²) in [5, 5.41) is 0. The minimum absolute atomic E-state index is 0.126. The molecule has 0 heterocycles. The van der Waals surface area contributed by atoms with Crippen molar-refractivity contribution in [1.29, 1.82) is 0 Å². The second-order valence-corrected chi connectivity index (χ2v) is 7.96. The Morgan fingerprint density at radius 2 is 1.82 bits per heavy atom. The third-order valence-electron chi connectivity index (χ3n) is 4.38. The van der Waals surface area contributed by atoms with Crippen LogP contribution in [0.4, 0.5) is 0 Å². The Morgan fingerprint density at radius 3 is 2.32 bits per heavy atom. The van der Waals surface area contributed by atoms with E-state index in [2.05, 4.69) is 44.7 Å². The molecule has 0 aliphatic heterocycles. The van der Waals surface area contributed by atoms with Crippen molar-refractivity contribution in [2.75, 3.05) is 5.75 Å². The van der Waals surface area contributed by atoms with Gasteiger partial charge in [0.2, 0.25) is 0 Å². The first-order chi connectivity index (χ1) is 10.3. The van der Waals surface area contributed by atoms with Crippen LogP contribution < -0.4 is 0 Å². The Morgan fingerprint density at radius 1 is 1.18 bits per heavy atom. The molecule has 1 rings (SSSR count). The van der Waals surface area contributed by atoms with Crippen LogP contribution in [-0.2, 0) is 16.5 Å². The Labute approximate surface area is 135 Å². The van der Waals surface area contributed by atoms with Gasteiger partial charge in [0, 0.05) is 0 Å². The third kappa shape index (κ3) is 7.23. The molecular formula is C18H28O3S. The molecule has 0 aliphatic rings. The molecule has 1 aromatic rings. The SMILES string of the molecule is C=Cc1ccc(CC(C)(CC)CCCCCS(=O)(=O)O)cc1. The summed E-state index contributed by atoms with van der Waals surface area (Å²) in [7, 11) is -3.81. The molecule has 0 saturated carbocycles. The maximum atomic E-state index is 10.7. The topological polar surface area (TPSA) is 54.4 Å². The molecular weight excluding hydrogens is 296 g/mol. The van der Waals surface area contributed by atoms with E-state index in [1.54, 1.807) is 0 Å². The van der Waals surface area contributed by atoms with Gasteiger partial charge in [-0.2, -0.15) is 8.42 Å². The summed E-state index contributed by atoms with van der Waals surface area (Å²) in [4.78, 5) is 0. The molecule has 0 bridgehead atoms. The summed E-state index contributed by atoms with van der Waals surface area (Å²) in [5.74, 6) is -0.126. The van der Waals surface area contributed by atoms with Gasteiger partial charge in [-0.1, -0.05) is 70.0 Å². The lowest BCUT2D eigenvalue weighted by Gasteiger charge is -2.28. The first kappa shape index (κ1) is 18.9. The second kappa shape index (κ2) is 8.49. The van der Waals surface area contributed by atoms with Crippen LogP contribution in [0.25, 0.3) is 6.08 Å². The Hall–Kier alpha value is -1.13. The number of rotatable bonds is 10. The van der Waals surface area contributed by atoms with E-state index in [1.165, 1.54) is 5.56 Å². The van der Waals surface area contributed by atoms with Crippen molar-refractivity contribution in [3.05, 3.63) is 42.0 Å². The van der Waals surface area contributed by atoms with Crippen LogP contribution in [0.2, 0.25) is 0 Å². The summed E-state index contributed by atoms with van der Waals surface area (Å²) in [5.41, 5.74) is 2.69. The predicted octanol–water partition coefficient (Wildman–Crippen LogP) is 4.74. The van der Waals surface area contributed by atoms with E-state index in [4.69, 9.17) is 4.55 Å². The fourth-order valence-corrected chi connectivity index (χ4v) is 3.24. The summed E-state index contributed by atoms with van der Waals surface area (Å²) < 4.78 is 30.1. The zero-order valence-electron chi connectivity index (χ0n) is 13.7. The molecule has 1 atom stereocenters. The lowest BCUT2D eigenvalue weighted by Crippen LogP contribution is -2.18. The zero-order chi connectivity index (χ0) is 16.6. The van der Waals surface area contributed by atoms with E-state index in [1.807, 2.05) is 6.08 Å². The molecule has 1 aromatic carbocycles. The van der Waals surface area contributed by atoms with Crippen LogP contribution >= 0.6 is 0 Å². The van der Waals surface area contributed by atoms with Crippen molar-refractivity contribution in [2.24, 2.45) is 5.41 Å². The van der Waals surface area contributed by atoms with E-state index in [9.17, 15) is 8.42 Å². The lowest BCUT2D eigenvalue weighted by molar-refractivity contribution is 0.271. The second-order valence-electron chi connectivity index (χ2n) is 6.38. The van der Waals surface area contributed by atoms with Crippen LogP contribution in [-0.4, -0.2) is 18.7 Å². The van der Waals surface area contributed by atoms with E-state index in [0.29, 0.717) is 6.42 Å². The molecule has 3 nitrogen and oxygen atoms in total. The molecule has 0 fully saturated rings. The normalized spacial score (nSPS) is 14.5. The largest absolute Gasteiger partial charge is 0.286 e. The van der Waals surface area contributed by atoms with Gasteiger partial charge in [0.1, 0.15) is 0 Å². The Balaban J connectivity index is 2.47. The Bertz CT molecular complexity index is 560. The predicted molar refractivity (Wildman–Crippen MR) is 93.5 cm³/mol. The van der Waals surface area contributed by atoms with Gasteiger partial charge in [-0.15, -0.1) is 0 Å². The van der Waals surface area contributed by atoms with Crippen LogP contribution in [0, 0.1) is 5.41 Å². The highest BCUT2D eigenvalue weighted by Crippen LogP contribution is 2.32. The third-order valence-corrected chi connectivity index (χ3v) is 5.19. The highest BCUT2D eigenvalue weighted by Gasteiger charge is 2.22. The van der Waals surface area contributed by atoms with Crippen molar-refractivity contribution in [2.45, 2.75) is 52.4 Å². The molecule has 0 saturated heterocycles. The van der Waals surface area contributed by atoms with Crippen molar-refractivity contribution < 1.29 is 13.0 Å². The maximum absolute atomic E-state index is 10.7. The Kier molecular flexibility index (Phi) is 7.30. The van der Waals surface area contributed by atoms with Gasteiger partial charge < -0.3 is 0 Å². The zero-order valence-corrected chi connectivity index (χ0v) is 14.5. The quantitative estimate of drug-likeness (QED) is 0.500. The van der Waals surface area contributed by atoms with Crippen LogP contribution in [0.1, 0.15) is 57.1 Å². The van der Waals surface area contributed by atoms with E-state index >= 15 is 0 Å². The molecule has 0 aliphatic carbocycles. The van der Waals surface area contributed by atoms with E-state index < -0.39 is 10.1 Å². The molecule has 0 radical (unpaired) electrons. The van der Waals surface area contributed by atoms with Gasteiger partial charge in [0.25, 0.3) is 10.1 Å². The molecule has 0 spiro atoms. The fraction of sp³-hybridized carbons (Fsp3) is 0.556. The molecule has 1 unspecified atom stereocenters. The van der Waals surface area contributed by atoms with Gasteiger partial charge >= 0.3 is 0 Å². The minimum atomic E-state index is -3.81. The maximum Gasteiger partial charge on any atom is 0.264 e. The van der Waals surface area contributed by atoms with Crippen molar-refractivity contribution in [1.82, 2.24) is 0 Å². The van der Waals surface area contributed by atoms with Crippen LogP contribution in [0.15, 0.2) is 30.8 Å². The van der Waals surface area contributed by atoms with Crippen LogP contribution in [0.5, 0.6) is 0 Å². The standard InChI is InChI=1S/C18H28O3S/c1-4-16-9-11-17(12-10-16)15-18(3,5-2)13-7-6-8-14-22(19,20)21/h4,9-12H,1,5-8,13-15H2,2-3H3,(H,19,20,21). The first-order valence-electron chi connectivity index (χ1n) is 7.94. The smallest absolute Gasteiger partial charge is 0.264 e. The first-order valence-corrected chi connectivity index (χ1v) is 9.55. The summed E-state index contributed by atoms with van der Waals surface area (Å²) >= 11 is 0. The highest BCUT2D eigenvalue weighted by atomic mass is 32.2. The van der Waals surface area contributed by atoms with Crippen molar-refractivity contribution in [3.8, 4) is 0 Å². The number of hydrogen-bond acceptors (Lipinski definition) is 2. The molecule has 124 valence electrons. The van der Waals surface area contributed by atoms with Gasteiger partial charge in [-0.05, 0) is 35.8 Å². The van der Waals surface area contributed by atoms with Gasteiger partial charge in [0.15, 0.2) is 0 Å². The average molecular weight is 324 g/mol. The molecule has 22 heavy (non-hydrogen) atoms. The van der Waals surface area contributed by atoms with Gasteiger partial charge in [0.05, 0.1) is 5.75 Å². The fourth-order valence-electron chi connectivity index (χ4n) is 2.67. The van der Waals surface area contributed by atoms with Crippen LogP contribution in [0.3, 0.4) is 0 Å². The van der Waals surface area contributed by atoms with Gasteiger partial charge in [-0.3, -0.25) is 4.55 Å². The van der Waals surface area contributed by atoms with E-state index in [-0.39, 0.29) is 11.2 Å². The number of unbranched alkanes of at least 4 members (excludes halogenated alkanes) is 2. The summed E-state index contributed by atoms with van der Waals surface area (Å²) in [6.45, 7) is 8.26. The van der Waals surface area contributed by atoms with Crippen molar-refractivity contribution in [3.63, 3.8) is 0 Å². The monoisotopic (exact) mass is 324 g/mol. The summed E-state index contributed by atoms with van der Waals surface area (Å²) in [6.07, 6.45) is 7.39.